The molecule has 2 aliphatic carbocycles. The second-order valence-electron chi connectivity index (χ2n) is 4.53. The second-order valence-corrected chi connectivity index (χ2v) is 4.53. The zero-order valence-electron chi connectivity index (χ0n) is 7.79. The molecule has 0 heterocycles. The van der Waals surface area contributed by atoms with Crippen LogP contribution in [-0.2, 0) is 0 Å². The van der Waals surface area contributed by atoms with Gasteiger partial charge in [-0.2, -0.15) is 0 Å². The van der Waals surface area contributed by atoms with Crippen molar-refractivity contribution in [2.45, 2.75) is 44.7 Å². The Kier molecular flexibility index (Phi) is 2.37. The van der Waals surface area contributed by atoms with Crippen molar-refractivity contribution in [1.82, 2.24) is 5.32 Å². The third kappa shape index (κ3) is 1.50. The molecule has 0 aliphatic heterocycles. The summed E-state index contributed by atoms with van der Waals surface area (Å²) in [7, 11) is 0. The van der Waals surface area contributed by atoms with Crippen LogP contribution in [0.1, 0.15) is 32.6 Å². The van der Waals surface area contributed by atoms with E-state index in [0.717, 1.165) is 11.8 Å². The maximum Gasteiger partial charge on any atom is 0.0582 e. The van der Waals surface area contributed by atoms with E-state index in [-0.39, 0.29) is 12.6 Å². The first-order valence-electron chi connectivity index (χ1n) is 5.16. The van der Waals surface area contributed by atoms with Gasteiger partial charge in [-0.25, -0.2) is 0 Å². The number of aliphatic hydroxyl groups is 1. The molecule has 0 amide bonds. The van der Waals surface area contributed by atoms with Gasteiger partial charge in [0.15, 0.2) is 0 Å². The molecule has 2 N–H and O–H groups in total. The van der Waals surface area contributed by atoms with Gasteiger partial charge in [-0.3, -0.25) is 0 Å². The summed E-state index contributed by atoms with van der Waals surface area (Å²) >= 11 is 0. The third-order valence-corrected chi connectivity index (χ3v) is 3.51. The number of rotatable bonds is 3. The molecule has 2 bridgehead atoms. The van der Waals surface area contributed by atoms with Gasteiger partial charge in [0.1, 0.15) is 0 Å². The zero-order chi connectivity index (χ0) is 8.55. The molecule has 0 aromatic heterocycles. The van der Waals surface area contributed by atoms with E-state index in [0.29, 0.717) is 6.04 Å². The lowest BCUT2D eigenvalue weighted by atomic mass is 9.95. The van der Waals surface area contributed by atoms with E-state index in [4.69, 9.17) is 5.11 Å². The summed E-state index contributed by atoms with van der Waals surface area (Å²) in [6.45, 7) is 2.33. The van der Waals surface area contributed by atoms with Gasteiger partial charge >= 0.3 is 0 Å². The van der Waals surface area contributed by atoms with E-state index in [1.807, 2.05) is 0 Å². The molecule has 2 saturated carbocycles. The third-order valence-electron chi connectivity index (χ3n) is 3.51. The highest BCUT2D eigenvalue weighted by Crippen LogP contribution is 2.44. The van der Waals surface area contributed by atoms with Gasteiger partial charge in [-0.1, -0.05) is 6.42 Å². The normalized spacial score (nSPS) is 42.0. The SMILES string of the molecule is C[C@@H](CO)N[C@@H]1C[C@@H]2CC[C@@H]1C2. The molecule has 0 saturated heterocycles. The summed E-state index contributed by atoms with van der Waals surface area (Å²) in [6, 6.07) is 1.00. The minimum atomic E-state index is 0.272. The monoisotopic (exact) mass is 169 g/mol. The van der Waals surface area contributed by atoms with Crippen molar-refractivity contribution >= 4 is 0 Å². The minimum Gasteiger partial charge on any atom is -0.395 e. The van der Waals surface area contributed by atoms with Gasteiger partial charge in [0.2, 0.25) is 0 Å². The fourth-order valence-corrected chi connectivity index (χ4v) is 2.87. The van der Waals surface area contributed by atoms with E-state index in [2.05, 4.69) is 12.2 Å². The standard InChI is InChI=1S/C10H19NO/c1-7(6-12)11-10-5-8-2-3-9(10)4-8/h7-12H,2-6H2,1H3/t7-,8+,9+,10+/m0/s1. The number of aliphatic hydroxyl groups excluding tert-OH is 1. The number of hydrogen-bond acceptors (Lipinski definition) is 2. The fourth-order valence-electron chi connectivity index (χ4n) is 2.87. The molecule has 0 spiro atoms. The average Bonchev–Trinajstić information content (AvgIpc) is 2.64. The lowest BCUT2D eigenvalue weighted by Gasteiger charge is -2.25. The first kappa shape index (κ1) is 8.52. The summed E-state index contributed by atoms with van der Waals surface area (Å²) in [6.07, 6.45) is 5.67. The van der Waals surface area contributed by atoms with Crippen LogP contribution in [0.25, 0.3) is 0 Å². The van der Waals surface area contributed by atoms with Crippen LogP contribution in [0, 0.1) is 11.8 Å². The Morgan fingerprint density at radius 2 is 2.25 bits per heavy atom. The van der Waals surface area contributed by atoms with Crippen LogP contribution in [0.3, 0.4) is 0 Å². The highest BCUT2D eigenvalue weighted by molar-refractivity contribution is 4.94. The van der Waals surface area contributed by atoms with Crippen LogP contribution in [0.4, 0.5) is 0 Å². The van der Waals surface area contributed by atoms with Crippen LogP contribution in [-0.4, -0.2) is 23.8 Å². The van der Waals surface area contributed by atoms with Gasteiger partial charge in [0.05, 0.1) is 6.61 Å². The molecule has 12 heavy (non-hydrogen) atoms. The van der Waals surface area contributed by atoms with E-state index in [1.165, 1.54) is 25.7 Å². The van der Waals surface area contributed by atoms with Gasteiger partial charge < -0.3 is 10.4 Å². The summed E-state index contributed by atoms with van der Waals surface area (Å²) in [5, 5.41) is 12.4. The lowest BCUT2D eigenvalue weighted by molar-refractivity contribution is 0.223. The topological polar surface area (TPSA) is 32.3 Å². The molecule has 0 unspecified atom stereocenters. The minimum absolute atomic E-state index is 0.272. The van der Waals surface area contributed by atoms with Crippen LogP contribution in [0.2, 0.25) is 0 Å². The molecule has 0 aromatic rings. The maximum atomic E-state index is 8.90. The average molecular weight is 169 g/mol. The smallest absolute Gasteiger partial charge is 0.0582 e. The van der Waals surface area contributed by atoms with Gasteiger partial charge in [-0.05, 0) is 38.0 Å². The number of hydrogen-bond donors (Lipinski definition) is 2. The van der Waals surface area contributed by atoms with Crippen molar-refractivity contribution in [3.8, 4) is 0 Å². The molecule has 70 valence electrons. The van der Waals surface area contributed by atoms with Gasteiger partial charge in [0.25, 0.3) is 0 Å². The maximum absolute atomic E-state index is 8.90. The van der Waals surface area contributed by atoms with Crippen molar-refractivity contribution in [2.75, 3.05) is 6.61 Å². The molecular weight excluding hydrogens is 150 g/mol. The molecule has 2 fully saturated rings. The largest absolute Gasteiger partial charge is 0.395 e. The molecule has 2 heteroatoms. The molecular formula is C10H19NO. The molecule has 4 atom stereocenters. The zero-order valence-corrected chi connectivity index (χ0v) is 7.79. The van der Waals surface area contributed by atoms with Crippen LogP contribution in [0.5, 0.6) is 0 Å². The van der Waals surface area contributed by atoms with Crippen molar-refractivity contribution in [3.05, 3.63) is 0 Å². The van der Waals surface area contributed by atoms with E-state index in [1.54, 1.807) is 0 Å². The van der Waals surface area contributed by atoms with Gasteiger partial charge in [0, 0.05) is 12.1 Å². The Balaban J connectivity index is 1.82. The quantitative estimate of drug-likeness (QED) is 0.664. The first-order chi connectivity index (χ1) is 5.79. The lowest BCUT2D eigenvalue weighted by Crippen LogP contribution is -2.41. The molecule has 2 nitrogen and oxygen atoms in total. The Hall–Kier alpha value is -0.0800. The van der Waals surface area contributed by atoms with Gasteiger partial charge in [-0.15, -0.1) is 0 Å². The summed E-state index contributed by atoms with van der Waals surface area (Å²) in [5.41, 5.74) is 0. The van der Waals surface area contributed by atoms with E-state index >= 15 is 0 Å². The van der Waals surface area contributed by atoms with Crippen LogP contribution < -0.4 is 5.32 Å². The predicted octanol–water partition coefficient (Wildman–Crippen LogP) is 1.15. The fraction of sp³-hybridized carbons (Fsp3) is 1.00. The molecule has 2 rings (SSSR count). The summed E-state index contributed by atoms with van der Waals surface area (Å²) in [5.74, 6) is 1.92. The Labute approximate surface area is 74.4 Å². The Morgan fingerprint density at radius 3 is 2.75 bits per heavy atom. The predicted molar refractivity (Wildman–Crippen MR) is 48.9 cm³/mol. The first-order valence-corrected chi connectivity index (χ1v) is 5.16. The van der Waals surface area contributed by atoms with E-state index in [9.17, 15) is 0 Å². The van der Waals surface area contributed by atoms with Crippen molar-refractivity contribution in [1.29, 1.82) is 0 Å². The number of fused-ring (bicyclic) bond motifs is 2. The Bertz CT molecular complexity index is 160. The second kappa shape index (κ2) is 3.35. The highest BCUT2D eigenvalue weighted by Gasteiger charge is 2.39. The van der Waals surface area contributed by atoms with Crippen LogP contribution >= 0.6 is 0 Å². The van der Waals surface area contributed by atoms with Crippen molar-refractivity contribution < 1.29 is 5.11 Å². The molecule has 0 aromatic carbocycles. The van der Waals surface area contributed by atoms with Crippen molar-refractivity contribution in [3.63, 3.8) is 0 Å². The summed E-state index contributed by atoms with van der Waals surface area (Å²) < 4.78 is 0. The van der Waals surface area contributed by atoms with Crippen molar-refractivity contribution in [2.24, 2.45) is 11.8 Å². The molecule has 2 aliphatic rings. The number of nitrogens with one attached hydrogen (secondary N) is 1. The van der Waals surface area contributed by atoms with Crippen LogP contribution in [0.15, 0.2) is 0 Å². The van der Waals surface area contributed by atoms with E-state index < -0.39 is 0 Å². The molecule has 0 radical (unpaired) electrons. The summed E-state index contributed by atoms with van der Waals surface area (Å²) in [4.78, 5) is 0. The highest BCUT2D eigenvalue weighted by atomic mass is 16.3. The Morgan fingerprint density at radius 1 is 1.42 bits per heavy atom.